The Morgan fingerprint density at radius 1 is 1.56 bits per heavy atom. The number of hydrogen-bond acceptors (Lipinski definition) is 2. The minimum atomic E-state index is 0.647. The highest BCUT2D eigenvalue weighted by Gasteiger charge is 2.27. The fourth-order valence-electron chi connectivity index (χ4n) is 2.59. The lowest BCUT2D eigenvalue weighted by Gasteiger charge is -2.34. The van der Waals surface area contributed by atoms with Crippen LogP contribution in [0.4, 0.5) is 0 Å². The number of aromatic nitrogens is 2. The van der Waals surface area contributed by atoms with Gasteiger partial charge in [0.05, 0.1) is 5.69 Å². The maximum Gasteiger partial charge on any atom is 0.0596 e. The van der Waals surface area contributed by atoms with Gasteiger partial charge in [-0.1, -0.05) is 13.3 Å². The molecule has 3 nitrogen and oxygen atoms in total. The van der Waals surface area contributed by atoms with Crippen molar-refractivity contribution in [3.05, 3.63) is 17.5 Å². The van der Waals surface area contributed by atoms with Crippen molar-refractivity contribution in [1.29, 1.82) is 0 Å². The summed E-state index contributed by atoms with van der Waals surface area (Å²) in [7, 11) is 2.05. The first kappa shape index (κ1) is 11.6. The molecule has 1 fully saturated rings. The van der Waals surface area contributed by atoms with Crippen LogP contribution in [-0.2, 0) is 13.5 Å². The first-order valence-corrected chi connectivity index (χ1v) is 6.43. The minimum Gasteiger partial charge on any atom is -0.314 e. The first-order valence-electron chi connectivity index (χ1n) is 6.43. The van der Waals surface area contributed by atoms with Gasteiger partial charge in [0.15, 0.2) is 0 Å². The molecule has 2 rings (SSSR count). The van der Waals surface area contributed by atoms with Crippen LogP contribution in [0.5, 0.6) is 0 Å². The summed E-state index contributed by atoms with van der Waals surface area (Å²) < 4.78 is 2.03. The van der Waals surface area contributed by atoms with E-state index in [1.165, 1.54) is 25.0 Å². The van der Waals surface area contributed by atoms with Crippen molar-refractivity contribution in [2.75, 3.05) is 6.54 Å². The molecule has 1 aliphatic carbocycles. The number of nitrogens with one attached hydrogen (secondary N) is 1. The maximum atomic E-state index is 4.42. The zero-order chi connectivity index (χ0) is 11.5. The number of nitrogens with zero attached hydrogens (tertiary/aromatic N) is 2. The van der Waals surface area contributed by atoms with Crippen LogP contribution < -0.4 is 5.32 Å². The van der Waals surface area contributed by atoms with Gasteiger partial charge in [0.1, 0.15) is 0 Å². The predicted octanol–water partition coefficient (Wildman–Crippen LogP) is 2.05. The highest BCUT2D eigenvalue weighted by Crippen LogP contribution is 2.31. The van der Waals surface area contributed by atoms with Crippen LogP contribution in [0.1, 0.15) is 37.6 Å². The van der Waals surface area contributed by atoms with Crippen molar-refractivity contribution in [2.45, 2.75) is 45.6 Å². The summed E-state index contributed by atoms with van der Waals surface area (Å²) in [6.45, 7) is 5.33. The lowest BCUT2D eigenvalue weighted by atomic mass is 9.78. The van der Waals surface area contributed by atoms with E-state index >= 15 is 0 Å². The highest BCUT2D eigenvalue weighted by atomic mass is 15.3. The fraction of sp³-hybridized carbons (Fsp3) is 0.769. The van der Waals surface area contributed by atoms with Crippen molar-refractivity contribution in [3.8, 4) is 0 Å². The highest BCUT2D eigenvalue weighted by molar-refractivity contribution is 5.10. The Hall–Kier alpha value is -0.830. The predicted molar refractivity (Wildman–Crippen MR) is 66.5 cm³/mol. The SMILES string of the molecule is CCNC(Cc1cc(C)nn1C)C1CCC1. The van der Waals surface area contributed by atoms with E-state index < -0.39 is 0 Å². The summed E-state index contributed by atoms with van der Waals surface area (Å²) in [6, 6.07) is 2.86. The minimum absolute atomic E-state index is 0.647. The third kappa shape index (κ3) is 2.46. The van der Waals surface area contributed by atoms with Gasteiger partial charge in [0, 0.05) is 25.2 Å². The van der Waals surface area contributed by atoms with E-state index in [1.54, 1.807) is 0 Å². The van der Waals surface area contributed by atoms with E-state index in [0.29, 0.717) is 6.04 Å². The summed E-state index contributed by atoms with van der Waals surface area (Å²) in [5.41, 5.74) is 2.48. The molecule has 90 valence electrons. The van der Waals surface area contributed by atoms with Gasteiger partial charge in [0.2, 0.25) is 0 Å². The summed E-state index contributed by atoms with van der Waals surface area (Å²) in [6.07, 6.45) is 5.33. The van der Waals surface area contributed by atoms with E-state index in [4.69, 9.17) is 0 Å². The average molecular weight is 221 g/mol. The van der Waals surface area contributed by atoms with E-state index in [-0.39, 0.29) is 0 Å². The Balaban J connectivity index is 2.01. The van der Waals surface area contributed by atoms with Gasteiger partial charge in [-0.25, -0.2) is 0 Å². The van der Waals surface area contributed by atoms with E-state index in [1.807, 2.05) is 11.7 Å². The number of hydrogen-bond donors (Lipinski definition) is 1. The number of aryl methyl sites for hydroxylation is 2. The van der Waals surface area contributed by atoms with E-state index in [0.717, 1.165) is 24.6 Å². The standard InChI is InChI=1S/C13H23N3/c1-4-14-13(11-6-5-7-11)9-12-8-10(2)15-16(12)3/h8,11,13-14H,4-7,9H2,1-3H3. The van der Waals surface area contributed by atoms with Crippen molar-refractivity contribution in [1.82, 2.24) is 15.1 Å². The molecule has 1 saturated carbocycles. The van der Waals surface area contributed by atoms with Gasteiger partial charge in [-0.2, -0.15) is 5.10 Å². The van der Waals surface area contributed by atoms with Crippen LogP contribution in [0.25, 0.3) is 0 Å². The third-order valence-corrected chi connectivity index (χ3v) is 3.71. The molecule has 3 heteroatoms. The molecule has 0 aromatic carbocycles. The summed E-state index contributed by atoms with van der Waals surface area (Å²) in [5, 5.41) is 8.04. The molecule has 0 saturated heterocycles. The van der Waals surface area contributed by atoms with Gasteiger partial charge in [-0.05, 0) is 38.3 Å². The summed E-state index contributed by atoms with van der Waals surface area (Å²) >= 11 is 0. The van der Waals surface area contributed by atoms with Crippen LogP contribution in [0, 0.1) is 12.8 Å². The molecule has 1 aromatic rings. The molecule has 16 heavy (non-hydrogen) atoms. The lowest BCUT2D eigenvalue weighted by molar-refractivity contribution is 0.227. The van der Waals surface area contributed by atoms with Gasteiger partial charge < -0.3 is 5.32 Å². The molecule has 1 aliphatic rings. The van der Waals surface area contributed by atoms with Crippen LogP contribution in [0.2, 0.25) is 0 Å². The van der Waals surface area contributed by atoms with Crippen LogP contribution >= 0.6 is 0 Å². The van der Waals surface area contributed by atoms with E-state index in [9.17, 15) is 0 Å². The van der Waals surface area contributed by atoms with Crippen molar-refractivity contribution < 1.29 is 0 Å². The van der Waals surface area contributed by atoms with Crippen LogP contribution in [0.15, 0.2) is 6.07 Å². The quantitative estimate of drug-likeness (QED) is 0.824. The second kappa shape index (κ2) is 5.00. The van der Waals surface area contributed by atoms with Gasteiger partial charge in [-0.3, -0.25) is 4.68 Å². The first-order chi connectivity index (χ1) is 7.70. The maximum absolute atomic E-state index is 4.42. The van der Waals surface area contributed by atoms with Gasteiger partial charge in [0.25, 0.3) is 0 Å². The van der Waals surface area contributed by atoms with Crippen molar-refractivity contribution in [3.63, 3.8) is 0 Å². The Morgan fingerprint density at radius 3 is 2.75 bits per heavy atom. The second-order valence-electron chi connectivity index (χ2n) is 4.96. The lowest BCUT2D eigenvalue weighted by Crippen LogP contribution is -2.41. The molecule has 0 bridgehead atoms. The third-order valence-electron chi connectivity index (χ3n) is 3.71. The number of rotatable bonds is 5. The Kier molecular flexibility index (Phi) is 3.64. The molecule has 1 N–H and O–H groups in total. The van der Waals surface area contributed by atoms with Crippen LogP contribution in [0.3, 0.4) is 0 Å². The van der Waals surface area contributed by atoms with Crippen molar-refractivity contribution >= 4 is 0 Å². The molecule has 0 radical (unpaired) electrons. The molecule has 0 spiro atoms. The van der Waals surface area contributed by atoms with E-state index in [2.05, 4.69) is 30.3 Å². The van der Waals surface area contributed by atoms with Crippen LogP contribution in [-0.4, -0.2) is 22.4 Å². The summed E-state index contributed by atoms with van der Waals surface area (Å²) in [4.78, 5) is 0. The molecule has 1 heterocycles. The molecule has 1 aromatic heterocycles. The smallest absolute Gasteiger partial charge is 0.0596 e. The molecule has 1 atom stereocenters. The molecule has 0 amide bonds. The van der Waals surface area contributed by atoms with Crippen molar-refractivity contribution in [2.24, 2.45) is 13.0 Å². The Morgan fingerprint density at radius 2 is 2.31 bits per heavy atom. The fourth-order valence-corrected chi connectivity index (χ4v) is 2.59. The second-order valence-corrected chi connectivity index (χ2v) is 4.96. The normalized spacial score (nSPS) is 18.4. The Bertz CT molecular complexity index is 339. The molecule has 1 unspecified atom stereocenters. The number of likely N-dealkylation sites (N-methyl/N-ethyl adjacent to an activating group) is 1. The van der Waals surface area contributed by atoms with Gasteiger partial charge >= 0.3 is 0 Å². The molecular weight excluding hydrogens is 198 g/mol. The van der Waals surface area contributed by atoms with Gasteiger partial charge in [-0.15, -0.1) is 0 Å². The zero-order valence-electron chi connectivity index (χ0n) is 10.7. The largest absolute Gasteiger partial charge is 0.314 e. The molecule has 0 aliphatic heterocycles. The zero-order valence-corrected chi connectivity index (χ0v) is 10.7. The average Bonchev–Trinajstić information content (AvgIpc) is 2.42. The molecular formula is C13H23N3. The summed E-state index contributed by atoms with van der Waals surface area (Å²) in [5.74, 6) is 0.884. The topological polar surface area (TPSA) is 29.9 Å². The monoisotopic (exact) mass is 221 g/mol. The Labute approximate surface area is 98.2 Å².